The molecule has 0 saturated carbocycles. The number of amides is 3. The summed E-state index contributed by atoms with van der Waals surface area (Å²) in [4.78, 5) is 45.2. The molecule has 1 N–H and O–H groups in total. The topological polar surface area (TPSA) is 95.3 Å². The maximum atomic E-state index is 14.7. The summed E-state index contributed by atoms with van der Waals surface area (Å²) in [6.07, 6.45) is 0.240. The Morgan fingerprint density at radius 2 is 1.62 bits per heavy atom. The number of carbonyl (C=O) groups excluding carboxylic acids is 2. The van der Waals surface area contributed by atoms with E-state index in [4.69, 9.17) is 4.74 Å². The smallest absolute Gasteiger partial charge is 0.407 e. The van der Waals surface area contributed by atoms with Crippen LogP contribution in [0.5, 0.6) is 0 Å². The van der Waals surface area contributed by atoms with E-state index in [1.165, 1.54) is 10.5 Å². The third-order valence-corrected chi connectivity index (χ3v) is 9.32. The van der Waals surface area contributed by atoms with Gasteiger partial charge in [-0.15, -0.1) is 0 Å². The van der Waals surface area contributed by atoms with Crippen LogP contribution in [-0.4, -0.2) is 70.7 Å². The van der Waals surface area contributed by atoms with Crippen LogP contribution in [0, 0.1) is 6.92 Å². The van der Waals surface area contributed by atoms with Crippen LogP contribution in [-0.2, 0) is 37.7 Å². The highest BCUT2D eigenvalue weighted by atomic mass is 16.5. The Morgan fingerprint density at radius 3 is 2.33 bits per heavy atom. The van der Waals surface area contributed by atoms with Crippen LogP contribution in [0.15, 0.2) is 72.8 Å². The molecule has 3 aromatic carbocycles. The molecule has 45 heavy (non-hydrogen) atoms. The molecule has 2 aliphatic rings. The predicted molar refractivity (Wildman–Crippen MR) is 173 cm³/mol. The van der Waals surface area contributed by atoms with E-state index in [9.17, 15) is 19.5 Å². The molecule has 9 heteroatoms. The number of fused-ring (bicyclic) bond motifs is 2. The SMILES string of the molecule is COC[C@@H]1Cc2ccccc2CN1C(=O)c1cc2c(cc1-c1cc(C(=O)N(C)c3ccccc3)c(C)n1C)CCN(C(=O)O)C2. The lowest BCUT2D eigenvalue weighted by molar-refractivity contribution is 0.0477. The van der Waals surface area contributed by atoms with E-state index >= 15 is 0 Å². The monoisotopic (exact) mass is 606 g/mol. The van der Waals surface area contributed by atoms with Gasteiger partial charge in [-0.2, -0.15) is 0 Å². The van der Waals surface area contributed by atoms with Gasteiger partial charge >= 0.3 is 6.09 Å². The molecular weight excluding hydrogens is 568 g/mol. The molecule has 0 unspecified atom stereocenters. The Kier molecular flexibility index (Phi) is 8.20. The van der Waals surface area contributed by atoms with E-state index in [0.717, 1.165) is 39.3 Å². The predicted octanol–water partition coefficient (Wildman–Crippen LogP) is 5.53. The lowest BCUT2D eigenvalue weighted by atomic mass is 9.89. The number of ether oxygens (including phenoxy) is 1. The largest absolute Gasteiger partial charge is 0.465 e. The maximum Gasteiger partial charge on any atom is 0.407 e. The standard InChI is InChI=1S/C36H38N4O5/c1-23-30(34(41)38(3)28-12-6-5-7-13-28)19-33(37(23)2)31-17-25-14-15-39(36(43)44)20-27(25)18-32(31)35(42)40-21-26-11-9-8-10-24(26)16-29(40)22-45-4/h5-13,17-19,29H,14-16,20-22H2,1-4H3,(H,43,44)/t29-/m0/s1. The van der Waals surface area contributed by atoms with Crippen LogP contribution < -0.4 is 4.90 Å². The number of hydrogen-bond donors (Lipinski definition) is 1. The summed E-state index contributed by atoms with van der Waals surface area (Å²) in [6.45, 7) is 3.34. The number of benzene rings is 3. The first-order valence-electron chi connectivity index (χ1n) is 15.2. The van der Waals surface area contributed by atoms with Crippen molar-refractivity contribution >= 4 is 23.6 Å². The zero-order chi connectivity index (χ0) is 31.8. The van der Waals surface area contributed by atoms with Crippen molar-refractivity contribution in [3.8, 4) is 11.3 Å². The van der Waals surface area contributed by atoms with E-state index in [1.807, 2.05) is 84.1 Å². The summed E-state index contributed by atoms with van der Waals surface area (Å²) in [7, 11) is 5.32. The fraction of sp³-hybridized carbons (Fsp3) is 0.306. The summed E-state index contributed by atoms with van der Waals surface area (Å²) in [5.41, 5.74) is 8.22. The van der Waals surface area contributed by atoms with Gasteiger partial charge in [0.2, 0.25) is 0 Å². The Balaban J connectivity index is 1.46. The highest BCUT2D eigenvalue weighted by molar-refractivity contribution is 6.08. The number of nitrogens with zero attached hydrogens (tertiary/aromatic N) is 4. The number of carboxylic acid groups (broad SMARTS) is 1. The summed E-state index contributed by atoms with van der Waals surface area (Å²) < 4.78 is 7.54. The third kappa shape index (κ3) is 5.60. The number of carbonyl (C=O) groups is 3. The van der Waals surface area contributed by atoms with Gasteiger partial charge in [-0.1, -0.05) is 42.5 Å². The molecule has 1 aromatic heterocycles. The van der Waals surface area contributed by atoms with Crippen molar-refractivity contribution in [2.24, 2.45) is 7.05 Å². The zero-order valence-corrected chi connectivity index (χ0v) is 26.1. The van der Waals surface area contributed by atoms with Crippen molar-refractivity contribution < 1.29 is 24.2 Å². The van der Waals surface area contributed by atoms with Gasteiger partial charge in [0.15, 0.2) is 0 Å². The van der Waals surface area contributed by atoms with Crippen LogP contribution in [0.3, 0.4) is 0 Å². The first-order chi connectivity index (χ1) is 21.7. The van der Waals surface area contributed by atoms with Crippen LogP contribution in [0.25, 0.3) is 11.3 Å². The minimum atomic E-state index is -0.978. The number of anilines is 1. The van der Waals surface area contributed by atoms with Crippen molar-refractivity contribution in [1.82, 2.24) is 14.4 Å². The van der Waals surface area contributed by atoms with Crippen molar-refractivity contribution in [1.29, 1.82) is 0 Å². The highest BCUT2D eigenvalue weighted by Gasteiger charge is 2.34. The Morgan fingerprint density at radius 1 is 0.911 bits per heavy atom. The van der Waals surface area contributed by atoms with Gasteiger partial charge < -0.3 is 29.1 Å². The molecule has 3 heterocycles. The summed E-state index contributed by atoms with van der Waals surface area (Å²) in [5.74, 6) is -0.291. The molecule has 1 atom stereocenters. The van der Waals surface area contributed by atoms with Crippen LogP contribution in [0.2, 0.25) is 0 Å². The van der Waals surface area contributed by atoms with E-state index in [2.05, 4.69) is 12.1 Å². The lowest BCUT2D eigenvalue weighted by Gasteiger charge is -2.37. The van der Waals surface area contributed by atoms with Gasteiger partial charge in [-0.3, -0.25) is 9.59 Å². The van der Waals surface area contributed by atoms with Crippen LogP contribution in [0.4, 0.5) is 10.5 Å². The average molecular weight is 607 g/mol. The first kappa shape index (κ1) is 30.1. The van der Waals surface area contributed by atoms with E-state index in [1.54, 1.807) is 19.1 Å². The quantitative estimate of drug-likeness (QED) is 0.312. The average Bonchev–Trinajstić information content (AvgIpc) is 3.36. The number of aromatic nitrogens is 1. The van der Waals surface area contributed by atoms with Gasteiger partial charge in [0.1, 0.15) is 0 Å². The van der Waals surface area contributed by atoms with Gasteiger partial charge in [-0.05, 0) is 72.4 Å². The summed E-state index contributed by atoms with van der Waals surface area (Å²) >= 11 is 0. The molecule has 9 nitrogen and oxygen atoms in total. The van der Waals surface area contributed by atoms with Crippen LogP contribution >= 0.6 is 0 Å². The molecule has 2 aliphatic heterocycles. The molecule has 3 amide bonds. The van der Waals surface area contributed by atoms with Crippen molar-refractivity contribution in [3.63, 3.8) is 0 Å². The minimum Gasteiger partial charge on any atom is -0.465 e. The molecule has 0 fully saturated rings. The summed E-state index contributed by atoms with van der Waals surface area (Å²) in [6, 6.07) is 23.3. The Labute approximate surface area is 263 Å². The van der Waals surface area contributed by atoms with Crippen molar-refractivity contribution in [2.75, 3.05) is 32.2 Å². The lowest BCUT2D eigenvalue weighted by Crippen LogP contribution is -2.47. The van der Waals surface area contributed by atoms with E-state index in [-0.39, 0.29) is 24.4 Å². The molecular formula is C36H38N4O5. The molecule has 0 radical (unpaired) electrons. The molecule has 0 spiro atoms. The zero-order valence-electron chi connectivity index (χ0n) is 26.1. The first-order valence-corrected chi connectivity index (χ1v) is 15.2. The number of rotatable bonds is 6. The van der Waals surface area contributed by atoms with Gasteiger partial charge in [-0.25, -0.2) is 4.79 Å². The van der Waals surface area contributed by atoms with Crippen LogP contribution in [0.1, 0.15) is 48.7 Å². The molecule has 0 aliphatic carbocycles. The third-order valence-electron chi connectivity index (χ3n) is 9.32. The van der Waals surface area contributed by atoms with Gasteiger partial charge in [0.05, 0.1) is 18.2 Å². The number of hydrogen-bond acceptors (Lipinski definition) is 4. The number of methoxy groups -OCH3 is 1. The normalized spacial score (nSPS) is 15.8. The highest BCUT2D eigenvalue weighted by Crippen LogP contribution is 2.35. The molecule has 4 aromatic rings. The van der Waals surface area contributed by atoms with Gasteiger partial charge in [0.25, 0.3) is 11.8 Å². The van der Waals surface area contributed by atoms with Crippen molar-refractivity contribution in [2.45, 2.75) is 38.9 Å². The molecule has 0 saturated heterocycles. The summed E-state index contributed by atoms with van der Waals surface area (Å²) in [5, 5.41) is 9.71. The second kappa shape index (κ2) is 12.2. The second-order valence-corrected chi connectivity index (χ2v) is 11.9. The number of para-hydroxylation sites is 1. The molecule has 6 rings (SSSR count). The van der Waals surface area contributed by atoms with E-state index in [0.29, 0.717) is 43.7 Å². The Bertz CT molecular complexity index is 1780. The second-order valence-electron chi connectivity index (χ2n) is 11.9. The molecule has 232 valence electrons. The van der Waals surface area contributed by atoms with Gasteiger partial charge in [0, 0.05) is 69.0 Å². The van der Waals surface area contributed by atoms with E-state index < -0.39 is 6.09 Å². The minimum absolute atomic E-state index is 0.142. The Hall–Kier alpha value is -4.89. The molecule has 0 bridgehead atoms. The fourth-order valence-electron chi connectivity index (χ4n) is 6.61. The maximum absolute atomic E-state index is 14.7. The van der Waals surface area contributed by atoms with Crippen molar-refractivity contribution in [3.05, 3.63) is 112 Å². The fourth-order valence-corrected chi connectivity index (χ4v) is 6.61.